The zero-order chi connectivity index (χ0) is 15.5. The molecule has 0 radical (unpaired) electrons. The van der Waals surface area contributed by atoms with Crippen LogP contribution >= 0.6 is 11.6 Å². The Morgan fingerprint density at radius 1 is 1.05 bits per heavy atom. The Hall–Kier alpha value is -1.51. The van der Waals surface area contributed by atoms with Crippen molar-refractivity contribution >= 4 is 11.6 Å². The van der Waals surface area contributed by atoms with Crippen LogP contribution in [-0.2, 0) is 18.6 Å². The van der Waals surface area contributed by atoms with Crippen molar-refractivity contribution in [2.75, 3.05) is 0 Å². The Kier molecular flexibility index (Phi) is 4.92. The maximum absolute atomic E-state index is 6.12. The molecule has 0 fully saturated rings. The van der Waals surface area contributed by atoms with Gasteiger partial charge in [-0.2, -0.15) is 0 Å². The van der Waals surface area contributed by atoms with Crippen LogP contribution in [0.2, 0.25) is 5.02 Å². The lowest BCUT2D eigenvalue weighted by atomic mass is 9.87. The molecule has 0 unspecified atom stereocenters. The summed E-state index contributed by atoms with van der Waals surface area (Å²) >= 11 is 6.12. The zero-order valence-corrected chi connectivity index (χ0v) is 13.6. The minimum absolute atomic E-state index is 0.166. The molecule has 0 aliphatic carbocycles. The van der Waals surface area contributed by atoms with Crippen molar-refractivity contribution in [2.45, 2.75) is 39.3 Å². The molecule has 0 saturated carbocycles. The van der Waals surface area contributed by atoms with E-state index in [2.05, 4.69) is 45.0 Å². The molecule has 112 valence electrons. The van der Waals surface area contributed by atoms with Gasteiger partial charge >= 0.3 is 0 Å². The van der Waals surface area contributed by atoms with E-state index < -0.39 is 0 Å². The summed E-state index contributed by atoms with van der Waals surface area (Å²) in [5.41, 5.74) is 9.19. The maximum atomic E-state index is 6.12. The summed E-state index contributed by atoms with van der Waals surface area (Å²) in [5, 5.41) is 0.651. The lowest BCUT2D eigenvalue weighted by Gasteiger charge is -2.19. The van der Waals surface area contributed by atoms with E-state index in [4.69, 9.17) is 22.1 Å². The smallest absolute Gasteiger partial charge is 0.125 e. The van der Waals surface area contributed by atoms with Crippen LogP contribution in [0.3, 0.4) is 0 Å². The molecular formula is C18H22ClNO. The molecule has 0 bridgehead atoms. The third-order valence-corrected chi connectivity index (χ3v) is 3.85. The standard InChI is InChI=1S/C18H22ClNO/c1-18(2,3)14-9-7-13(8-10-14)12-21-17-6-4-5-16(19)15(17)11-20/h4-10H,11-12,20H2,1-3H3. The Labute approximate surface area is 131 Å². The molecule has 2 aromatic rings. The highest BCUT2D eigenvalue weighted by molar-refractivity contribution is 6.31. The minimum Gasteiger partial charge on any atom is -0.489 e. The summed E-state index contributed by atoms with van der Waals surface area (Å²) in [6, 6.07) is 14.1. The lowest BCUT2D eigenvalue weighted by Crippen LogP contribution is -2.11. The molecule has 0 aliphatic rings. The summed E-state index contributed by atoms with van der Waals surface area (Å²) in [7, 11) is 0. The molecule has 0 amide bonds. The second-order valence-electron chi connectivity index (χ2n) is 6.16. The number of hydrogen-bond donors (Lipinski definition) is 1. The maximum Gasteiger partial charge on any atom is 0.125 e. The molecule has 2 nitrogen and oxygen atoms in total. The third-order valence-electron chi connectivity index (χ3n) is 3.49. The summed E-state index contributed by atoms with van der Waals surface area (Å²) in [4.78, 5) is 0. The highest BCUT2D eigenvalue weighted by Crippen LogP contribution is 2.27. The highest BCUT2D eigenvalue weighted by atomic mass is 35.5. The van der Waals surface area contributed by atoms with Gasteiger partial charge in [-0.3, -0.25) is 0 Å². The van der Waals surface area contributed by atoms with Gasteiger partial charge in [-0.15, -0.1) is 0 Å². The van der Waals surface area contributed by atoms with Crippen LogP contribution in [0.4, 0.5) is 0 Å². The van der Waals surface area contributed by atoms with Gasteiger partial charge in [0, 0.05) is 17.1 Å². The topological polar surface area (TPSA) is 35.2 Å². The predicted molar refractivity (Wildman–Crippen MR) is 88.8 cm³/mol. The second kappa shape index (κ2) is 6.50. The van der Waals surface area contributed by atoms with Crippen molar-refractivity contribution in [1.29, 1.82) is 0 Å². The van der Waals surface area contributed by atoms with Crippen molar-refractivity contribution in [3.8, 4) is 5.75 Å². The van der Waals surface area contributed by atoms with E-state index in [0.29, 0.717) is 18.2 Å². The van der Waals surface area contributed by atoms with Gasteiger partial charge in [0.05, 0.1) is 0 Å². The average molecular weight is 304 g/mol. The van der Waals surface area contributed by atoms with E-state index in [1.165, 1.54) is 5.56 Å². The molecule has 0 spiro atoms. The highest BCUT2D eigenvalue weighted by Gasteiger charge is 2.13. The first-order chi connectivity index (χ1) is 9.91. The number of ether oxygens (including phenoxy) is 1. The molecule has 2 rings (SSSR count). The van der Waals surface area contributed by atoms with Crippen molar-refractivity contribution in [3.05, 3.63) is 64.2 Å². The zero-order valence-electron chi connectivity index (χ0n) is 12.8. The van der Waals surface area contributed by atoms with Gasteiger partial charge < -0.3 is 10.5 Å². The first kappa shape index (κ1) is 15.9. The Morgan fingerprint density at radius 2 is 1.71 bits per heavy atom. The fourth-order valence-corrected chi connectivity index (χ4v) is 2.38. The van der Waals surface area contributed by atoms with Crippen LogP contribution in [0.1, 0.15) is 37.5 Å². The summed E-state index contributed by atoms with van der Waals surface area (Å²) in [6.45, 7) is 7.50. The van der Waals surface area contributed by atoms with Crippen molar-refractivity contribution in [2.24, 2.45) is 5.73 Å². The van der Waals surface area contributed by atoms with Gasteiger partial charge in [0.1, 0.15) is 12.4 Å². The van der Waals surface area contributed by atoms with Crippen molar-refractivity contribution in [3.63, 3.8) is 0 Å². The lowest BCUT2D eigenvalue weighted by molar-refractivity contribution is 0.303. The van der Waals surface area contributed by atoms with E-state index in [1.54, 1.807) is 0 Å². The van der Waals surface area contributed by atoms with Gasteiger partial charge in [-0.1, -0.05) is 62.7 Å². The molecule has 0 atom stereocenters. The molecule has 0 heterocycles. The summed E-state index contributed by atoms with van der Waals surface area (Å²) in [5.74, 6) is 0.755. The second-order valence-corrected chi connectivity index (χ2v) is 6.56. The fraction of sp³-hybridized carbons (Fsp3) is 0.333. The molecule has 0 saturated heterocycles. The van der Waals surface area contributed by atoms with E-state index in [9.17, 15) is 0 Å². The van der Waals surface area contributed by atoms with E-state index in [1.807, 2.05) is 18.2 Å². The molecule has 2 N–H and O–H groups in total. The molecule has 2 aromatic carbocycles. The van der Waals surface area contributed by atoms with Crippen LogP contribution in [-0.4, -0.2) is 0 Å². The normalized spacial score (nSPS) is 11.5. The van der Waals surface area contributed by atoms with Gasteiger partial charge in [-0.25, -0.2) is 0 Å². The Bertz CT molecular complexity index is 600. The van der Waals surface area contributed by atoms with Crippen LogP contribution in [0.5, 0.6) is 5.75 Å². The number of rotatable bonds is 4. The van der Waals surface area contributed by atoms with Crippen LogP contribution in [0.25, 0.3) is 0 Å². The Balaban J connectivity index is 2.09. The van der Waals surface area contributed by atoms with Gasteiger partial charge in [-0.05, 0) is 28.7 Å². The molecular weight excluding hydrogens is 282 g/mol. The molecule has 0 aliphatic heterocycles. The SMILES string of the molecule is CC(C)(C)c1ccc(COc2cccc(Cl)c2CN)cc1. The van der Waals surface area contributed by atoms with E-state index >= 15 is 0 Å². The number of hydrogen-bond acceptors (Lipinski definition) is 2. The van der Waals surface area contributed by atoms with E-state index in [-0.39, 0.29) is 5.41 Å². The van der Waals surface area contributed by atoms with Crippen LogP contribution in [0.15, 0.2) is 42.5 Å². The largest absolute Gasteiger partial charge is 0.489 e. The molecule has 21 heavy (non-hydrogen) atoms. The quantitative estimate of drug-likeness (QED) is 0.890. The first-order valence-electron chi connectivity index (χ1n) is 7.11. The summed E-state index contributed by atoms with van der Waals surface area (Å²) < 4.78 is 5.86. The Morgan fingerprint density at radius 3 is 2.29 bits per heavy atom. The van der Waals surface area contributed by atoms with Gasteiger partial charge in [0.25, 0.3) is 0 Å². The van der Waals surface area contributed by atoms with Gasteiger partial charge in [0.2, 0.25) is 0 Å². The number of nitrogens with two attached hydrogens (primary N) is 1. The number of halogens is 1. The fourth-order valence-electron chi connectivity index (χ4n) is 2.13. The summed E-state index contributed by atoms with van der Waals surface area (Å²) in [6.07, 6.45) is 0. The monoisotopic (exact) mass is 303 g/mol. The van der Waals surface area contributed by atoms with Crippen molar-refractivity contribution < 1.29 is 4.74 Å². The van der Waals surface area contributed by atoms with Crippen molar-refractivity contribution in [1.82, 2.24) is 0 Å². The third kappa shape index (κ3) is 3.99. The van der Waals surface area contributed by atoms with E-state index in [0.717, 1.165) is 16.9 Å². The van der Waals surface area contributed by atoms with Gasteiger partial charge in [0.15, 0.2) is 0 Å². The molecule has 0 aromatic heterocycles. The minimum atomic E-state index is 0.166. The first-order valence-corrected chi connectivity index (χ1v) is 7.49. The molecule has 3 heteroatoms. The van der Waals surface area contributed by atoms with Crippen LogP contribution in [0, 0.1) is 0 Å². The number of benzene rings is 2. The van der Waals surface area contributed by atoms with Crippen LogP contribution < -0.4 is 10.5 Å². The average Bonchev–Trinajstić information content (AvgIpc) is 2.44. The predicted octanol–water partition coefficient (Wildman–Crippen LogP) is 4.68.